The fourth-order valence-corrected chi connectivity index (χ4v) is 2.56. The highest BCUT2D eigenvalue weighted by molar-refractivity contribution is 5.45. The highest BCUT2D eigenvalue weighted by Crippen LogP contribution is 2.34. The first-order valence-electron chi connectivity index (χ1n) is 6.14. The number of hydrogen-bond acceptors (Lipinski definition) is 4. The molecular weight excluding hydrogens is 230 g/mol. The second-order valence-corrected chi connectivity index (χ2v) is 4.62. The van der Waals surface area contributed by atoms with Crippen molar-refractivity contribution in [2.24, 2.45) is 0 Å². The Hall–Kier alpha value is -2.11. The molecule has 94 valence electrons. The van der Waals surface area contributed by atoms with E-state index >= 15 is 0 Å². The van der Waals surface area contributed by atoms with Gasteiger partial charge >= 0.3 is 0 Å². The maximum atomic E-state index is 12.1. The molecule has 18 heavy (non-hydrogen) atoms. The zero-order valence-corrected chi connectivity index (χ0v) is 9.97. The first-order chi connectivity index (χ1) is 8.77. The van der Waals surface area contributed by atoms with Crippen molar-refractivity contribution in [2.45, 2.75) is 31.6 Å². The van der Waals surface area contributed by atoms with Crippen molar-refractivity contribution in [1.82, 2.24) is 19.7 Å². The van der Waals surface area contributed by atoms with Crippen LogP contribution >= 0.6 is 0 Å². The average Bonchev–Trinajstić information content (AvgIpc) is 3.01. The molecule has 0 bridgehead atoms. The van der Waals surface area contributed by atoms with Crippen LogP contribution in [0.1, 0.15) is 37.3 Å². The molecule has 2 heterocycles. The van der Waals surface area contributed by atoms with Gasteiger partial charge in [-0.3, -0.25) is 14.9 Å². The van der Waals surface area contributed by atoms with E-state index in [-0.39, 0.29) is 5.56 Å². The third-order valence-electron chi connectivity index (χ3n) is 3.50. The molecule has 1 saturated carbocycles. The molecule has 0 radical (unpaired) electrons. The molecule has 1 fully saturated rings. The summed E-state index contributed by atoms with van der Waals surface area (Å²) < 4.78 is 1.37. The summed E-state index contributed by atoms with van der Waals surface area (Å²) in [5.74, 6) is 0.842. The maximum Gasteiger partial charge on any atom is 0.296 e. The lowest BCUT2D eigenvalue weighted by Crippen LogP contribution is -2.17. The van der Waals surface area contributed by atoms with Crippen LogP contribution in [0.3, 0.4) is 0 Å². The topological polar surface area (TPSA) is 89.6 Å². The molecule has 1 aliphatic rings. The van der Waals surface area contributed by atoms with Crippen LogP contribution in [0.15, 0.2) is 23.4 Å². The Kier molecular flexibility index (Phi) is 2.62. The molecule has 0 aromatic carbocycles. The largest absolute Gasteiger partial charge is 0.393 e. The third-order valence-corrected chi connectivity index (χ3v) is 3.50. The predicted molar refractivity (Wildman–Crippen MR) is 67.6 cm³/mol. The number of nitrogen functional groups attached to an aromatic ring is 1. The van der Waals surface area contributed by atoms with E-state index in [4.69, 9.17) is 5.73 Å². The monoisotopic (exact) mass is 245 g/mol. The lowest BCUT2D eigenvalue weighted by Gasteiger charge is -2.06. The molecule has 2 aromatic heterocycles. The number of H-pyrrole nitrogens is 1. The molecule has 2 aromatic rings. The van der Waals surface area contributed by atoms with E-state index < -0.39 is 0 Å². The zero-order chi connectivity index (χ0) is 12.5. The van der Waals surface area contributed by atoms with E-state index in [1.54, 1.807) is 12.4 Å². The number of nitrogens with zero attached hydrogens (tertiary/aromatic N) is 3. The Bertz CT molecular complexity index is 595. The fourth-order valence-electron chi connectivity index (χ4n) is 2.56. The fraction of sp³-hybridized carbons (Fsp3) is 0.417. The van der Waals surface area contributed by atoms with Gasteiger partial charge in [0.1, 0.15) is 5.69 Å². The van der Waals surface area contributed by atoms with Crippen molar-refractivity contribution in [3.05, 3.63) is 34.6 Å². The Labute approximate surface area is 104 Å². The van der Waals surface area contributed by atoms with Crippen LogP contribution in [0.5, 0.6) is 0 Å². The molecule has 0 saturated heterocycles. The van der Waals surface area contributed by atoms with Crippen molar-refractivity contribution < 1.29 is 0 Å². The Morgan fingerprint density at radius 3 is 2.78 bits per heavy atom. The highest BCUT2D eigenvalue weighted by atomic mass is 16.1. The molecule has 0 spiro atoms. The van der Waals surface area contributed by atoms with E-state index in [2.05, 4.69) is 15.1 Å². The predicted octanol–water partition coefficient (Wildman–Crippen LogP) is 1.20. The van der Waals surface area contributed by atoms with Gasteiger partial charge < -0.3 is 5.73 Å². The van der Waals surface area contributed by atoms with E-state index in [0.717, 1.165) is 18.5 Å². The first-order valence-corrected chi connectivity index (χ1v) is 6.14. The van der Waals surface area contributed by atoms with Crippen LogP contribution in [-0.2, 0) is 0 Å². The van der Waals surface area contributed by atoms with Crippen LogP contribution in [-0.4, -0.2) is 19.7 Å². The Morgan fingerprint density at radius 2 is 2.11 bits per heavy atom. The second kappa shape index (κ2) is 4.29. The summed E-state index contributed by atoms with van der Waals surface area (Å²) >= 11 is 0. The van der Waals surface area contributed by atoms with Crippen LogP contribution in [0.4, 0.5) is 5.69 Å². The standard InChI is InChI=1S/C12H15N5O/c13-10-11(8-3-1-2-4-8)16-17(12(10)18)9-7-14-5-6-15-9/h5-8,16H,1-4,13H2. The number of anilines is 1. The number of nitrogens with one attached hydrogen (secondary N) is 1. The minimum Gasteiger partial charge on any atom is -0.393 e. The van der Waals surface area contributed by atoms with E-state index in [1.165, 1.54) is 23.7 Å². The summed E-state index contributed by atoms with van der Waals surface area (Å²) in [6, 6.07) is 0. The van der Waals surface area contributed by atoms with Gasteiger partial charge in [-0.1, -0.05) is 12.8 Å². The average molecular weight is 245 g/mol. The number of nitrogens with two attached hydrogens (primary N) is 1. The maximum absolute atomic E-state index is 12.1. The van der Waals surface area contributed by atoms with Gasteiger partial charge in [-0.05, 0) is 12.8 Å². The lowest BCUT2D eigenvalue weighted by atomic mass is 10.0. The third kappa shape index (κ3) is 1.70. The van der Waals surface area contributed by atoms with Gasteiger partial charge in [0.05, 0.1) is 11.9 Å². The van der Waals surface area contributed by atoms with Gasteiger partial charge in [-0.15, -0.1) is 0 Å². The SMILES string of the molecule is Nc1c(C2CCCC2)[nH]n(-c2cnccn2)c1=O. The Balaban J connectivity index is 2.07. The number of rotatable bonds is 2. The summed E-state index contributed by atoms with van der Waals surface area (Å²) in [5.41, 5.74) is 6.83. The van der Waals surface area contributed by atoms with Crippen LogP contribution in [0, 0.1) is 0 Å². The van der Waals surface area contributed by atoms with E-state index in [9.17, 15) is 4.79 Å². The van der Waals surface area contributed by atoms with Crippen molar-refractivity contribution in [2.75, 3.05) is 5.73 Å². The Morgan fingerprint density at radius 1 is 1.33 bits per heavy atom. The van der Waals surface area contributed by atoms with Gasteiger partial charge in [0.15, 0.2) is 5.82 Å². The van der Waals surface area contributed by atoms with Crippen LogP contribution in [0.25, 0.3) is 5.82 Å². The van der Waals surface area contributed by atoms with Crippen molar-refractivity contribution >= 4 is 5.69 Å². The number of aromatic amines is 1. The lowest BCUT2D eigenvalue weighted by molar-refractivity contribution is 0.674. The van der Waals surface area contributed by atoms with Crippen molar-refractivity contribution in [3.63, 3.8) is 0 Å². The van der Waals surface area contributed by atoms with Gasteiger partial charge in [0.25, 0.3) is 5.56 Å². The summed E-state index contributed by atoms with van der Waals surface area (Å²) in [5, 5.41) is 3.08. The highest BCUT2D eigenvalue weighted by Gasteiger charge is 2.24. The van der Waals surface area contributed by atoms with E-state index in [0.29, 0.717) is 17.4 Å². The molecule has 3 rings (SSSR count). The molecule has 6 nitrogen and oxygen atoms in total. The molecule has 3 N–H and O–H groups in total. The second-order valence-electron chi connectivity index (χ2n) is 4.62. The van der Waals surface area contributed by atoms with Gasteiger partial charge in [-0.25, -0.2) is 4.98 Å². The minimum atomic E-state index is -0.239. The van der Waals surface area contributed by atoms with E-state index in [1.807, 2.05) is 0 Å². The summed E-state index contributed by atoms with van der Waals surface area (Å²) in [6.07, 6.45) is 9.22. The minimum absolute atomic E-state index is 0.239. The normalized spacial score (nSPS) is 16.2. The summed E-state index contributed by atoms with van der Waals surface area (Å²) in [7, 11) is 0. The van der Waals surface area contributed by atoms with Crippen molar-refractivity contribution in [1.29, 1.82) is 0 Å². The quantitative estimate of drug-likeness (QED) is 0.831. The van der Waals surface area contributed by atoms with Crippen molar-refractivity contribution in [3.8, 4) is 5.82 Å². The molecule has 6 heteroatoms. The molecule has 0 amide bonds. The van der Waals surface area contributed by atoms with Crippen LogP contribution in [0.2, 0.25) is 0 Å². The number of hydrogen-bond donors (Lipinski definition) is 2. The van der Waals surface area contributed by atoms with Crippen LogP contribution < -0.4 is 11.3 Å². The van der Waals surface area contributed by atoms with Gasteiger partial charge in [0.2, 0.25) is 0 Å². The smallest absolute Gasteiger partial charge is 0.296 e. The molecular formula is C12H15N5O. The first kappa shape index (κ1) is 11.0. The molecule has 0 aliphatic heterocycles. The molecule has 0 atom stereocenters. The molecule has 1 aliphatic carbocycles. The molecule has 0 unspecified atom stereocenters. The summed E-state index contributed by atoms with van der Waals surface area (Å²) in [4.78, 5) is 20.1. The van der Waals surface area contributed by atoms with Gasteiger partial charge in [-0.2, -0.15) is 4.68 Å². The summed E-state index contributed by atoms with van der Waals surface area (Å²) in [6.45, 7) is 0. The zero-order valence-electron chi connectivity index (χ0n) is 9.97. The van der Waals surface area contributed by atoms with Gasteiger partial charge in [0, 0.05) is 18.3 Å². The number of aromatic nitrogens is 4.